The van der Waals surface area contributed by atoms with Crippen LogP contribution in [0.2, 0.25) is 5.02 Å². The van der Waals surface area contributed by atoms with E-state index in [-0.39, 0.29) is 18.1 Å². The Morgan fingerprint density at radius 3 is 2.93 bits per heavy atom. The van der Waals surface area contributed by atoms with E-state index < -0.39 is 0 Å². The third-order valence-corrected chi connectivity index (χ3v) is 5.06. The van der Waals surface area contributed by atoms with Gasteiger partial charge in [0.2, 0.25) is 11.8 Å². The summed E-state index contributed by atoms with van der Waals surface area (Å²) in [4.78, 5) is 18.3. The summed E-state index contributed by atoms with van der Waals surface area (Å²) in [5.41, 5.74) is 2.27. The Hall–Kier alpha value is -2.89. The number of carbonyl (C=O) groups excluding carboxylic acids is 1. The summed E-state index contributed by atoms with van der Waals surface area (Å²) in [6.45, 7) is 2.16. The second-order valence-electron chi connectivity index (χ2n) is 5.79. The first-order chi connectivity index (χ1) is 13.6. The largest absolute Gasteiger partial charge is 0.411 e. The summed E-state index contributed by atoms with van der Waals surface area (Å²) in [5.74, 6) is 0.280. The van der Waals surface area contributed by atoms with Crippen molar-refractivity contribution in [2.45, 2.75) is 18.6 Å². The van der Waals surface area contributed by atoms with Gasteiger partial charge in [-0.1, -0.05) is 23.4 Å². The van der Waals surface area contributed by atoms with E-state index in [4.69, 9.17) is 21.3 Å². The van der Waals surface area contributed by atoms with E-state index in [0.717, 1.165) is 17.3 Å². The van der Waals surface area contributed by atoms with Gasteiger partial charge in [-0.15, -0.1) is 10.2 Å². The van der Waals surface area contributed by atoms with Crippen molar-refractivity contribution >= 4 is 35.0 Å². The molecule has 0 bridgehead atoms. The van der Waals surface area contributed by atoms with Crippen molar-refractivity contribution in [2.75, 3.05) is 17.2 Å². The van der Waals surface area contributed by atoms with Crippen molar-refractivity contribution in [3.05, 3.63) is 53.3 Å². The number of nitrogens with zero attached hydrogens (tertiary/aromatic N) is 5. The zero-order chi connectivity index (χ0) is 19.9. The number of hydrogen-bond acceptors (Lipinski definition) is 7. The predicted octanol–water partition coefficient (Wildman–Crippen LogP) is 4.13. The molecule has 28 heavy (non-hydrogen) atoms. The highest BCUT2D eigenvalue weighted by molar-refractivity contribution is 7.99. The molecule has 0 atom stereocenters. The summed E-state index contributed by atoms with van der Waals surface area (Å²) in [7, 11) is 0. The molecule has 1 aromatic carbocycles. The van der Waals surface area contributed by atoms with E-state index in [1.54, 1.807) is 35.5 Å². The second kappa shape index (κ2) is 9.35. The Morgan fingerprint density at radius 1 is 1.36 bits per heavy atom. The third kappa shape index (κ3) is 4.88. The maximum absolute atomic E-state index is 12.8. The molecule has 0 N–H and O–H groups in total. The molecule has 3 aromatic rings. The number of pyridine rings is 1. The monoisotopic (exact) mass is 413 g/mol. The number of aryl methyl sites for hydroxylation is 1. The van der Waals surface area contributed by atoms with Crippen molar-refractivity contribution in [2.24, 2.45) is 0 Å². The highest BCUT2D eigenvalue weighted by Crippen LogP contribution is 2.26. The number of hydrogen-bond donors (Lipinski definition) is 0. The summed E-state index contributed by atoms with van der Waals surface area (Å²) in [5, 5.41) is 17.8. The Kier molecular flexibility index (Phi) is 6.63. The van der Waals surface area contributed by atoms with Gasteiger partial charge in [0.25, 0.3) is 5.22 Å². The van der Waals surface area contributed by atoms with Gasteiger partial charge in [0.15, 0.2) is 0 Å². The van der Waals surface area contributed by atoms with Crippen molar-refractivity contribution in [1.29, 1.82) is 5.26 Å². The van der Waals surface area contributed by atoms with Crippen molar-refractivity contribution in [1.82, 2.24) is 15.2 Å². The van der Waals surface area contributed by atoms with Crippen LogP contribution in [0.5, 0.6) is 0 Å². The number of benzene rings is 1. The molecule has 3 rings (SSSR count). The number of thioether (sulfide) groups is 1. The topological polar surface area (TPSA) is 95.9 Å². The molecule has 0 spiro atoms. The van der Waals surface area contributed by atoms with Crippen LogP contribution in [0, 0.1) is 18.3 Å². The second-order valence-corrected chi connectivity index (χ2v) is 7.12. The van der Waals surface area contributed by atoms with Gasteiger partial charge in [-0.2, -0.15) is 5.26 Å². The minimum Gasteiger partial charge on any atom is -0.411 e. The predicted molar refractivity (Wildman–Crippen MR) is 107 cm³/mol. The molecule has 0 aliphatic heterocycles. The first-order valence-electron chi connectivity index (χ1n) is 8.38. The summed E-state index contributed by atoms with van der Waals surface area (Å²) < 4.78 is 5.58. The minimum absolute atomic E-state index is 0.0990. The van der Waals surface area contributed by atoms with Gasteiger partial charge in [0, 0.05) is 29.6 Å². The average Bonchev–Trinajstić information content (AvgIpc) is 3.19. The standard InChI is InChI=1S/C19H16ClN5O2S/c1-13-10-15(5-6-16(13)20)25(9-3-7-21)17(26)12-28-19-24-23-18(27-19)14-4-2-8-22-11-14/h2,4-6,8,10-11H,3,9,12H2,1H3. The molecule has 7 nitrogen and oxygen atoms in total. The Morgan fingerprint density at radius 2 is 2.21 bits per heavy atom. The van der Waals surface area contributed by atoms with Crippen LogP contribution < -0.4 is 4.90 Å². The molecule has 1 amide bonds. The van der Waals surface area contributed by atoms with Crippen LogP contribution in [0.3, 0.4) is 0 Å². The molecular formula is C19H16ClN5O2S. The van der Waals surface area contributed by atoms with Crippen LogP contribution in [-0.2, 0) is 4.79 Å². The lowest BCUT2D eigenvalue weighted by atomic mass is 10.2. The van der Waals surface area contributed by atoms with E-state index >= 15 is 0 Å². The minimum atomic E-state index is -0.164. The maximum Gasteiger partial charge on any atom is 0.277 e. The first-order valence-corrected chi connectivity index (χ1v) is 9.75. The van der Waals surface area contributed by atoms with Crippen molar-refractivity contribution in [3.63, 3.8) is 0 Å². The van der Waals surface area contributed by atoms with Gasteiger partial charge in [-0.25, -0.2) is 0 Å². The smallest absolute Gasteiger partial charge is 0.277 e. The molecule has 0 radical (unpaired) electrons. The Bertz CT molecular complexity index is 1000. The number of nitriles is 1. The fourth-order valence-electron chi connectivity index (χ4n) is 2.43. The number of amides is 1. The number of rotatable bonds is 7. The molecule has 9 heteroatoms. The Balaban J connectivity index is 1.69. The van der Waals surface area contributed by atoms with E-state index in [9.17, 15) is 4.79 Å². The molecule has 0 unspecified atom stereocenters. The van der Waals surface area contributed by atoms with Gasteiger partial charge in [0.05, 0.1) is 23.8 Å². The summed E-state index contributed by atoms with van der Waals surface area (Å²) in [6, 6.07) is 11.0. The molecule has 0 saturated heterocycles. The molecule has 0 aliphatic carbocycles. The zero-order valence-electron chi connectivity index (χ0n) is 15.0. The normalized spacial score (nSPS) is 10.5. The van der Waals surface area contributed by atoms with Crippen molar-refractivity contribution in [3.8, 4) is 17.5 Å². The molecular weight excluding hydrogens is 398 g/mol. The lowest BCUT2D eigenvalue weighted by Gasteiger charge is -2.22. The van der Waals surface area contributed by atoms with Crippen LogP contribution in [0.1, 0.15) is 12.0 Å². The number of aromatic nitrogens is 3. The lowest BCUT2D eigenvalue weighted by molar-refractivity contribution is -0.116. The van der Waals surface area contributed by atoms with Crippen molar-refractivity contribution < 1.29 is 9.21 Å². The molecule has 2 aromatic heterocycles. The summed E-state index contributed by atoms with van der Waals surface area (Å²) >= 11 is 7.22. The van der Waals surface area contributed by atoms with E-state index in [1.165, 1.54) is 0 Å². The number of anilines is 1. The SMILES string of the molecule is Cc1cc(N(CCC#N)C(=O)CSc2nnc(-c3cccnc3)o2)ccc1Cl. The van der Waals surface area contributed by atoms with Gasteiger partial charge in [0.1, 0.15) is 0 Å². The quantitative estimate of drug-likeness (QED) is 0.537. The van der Waals surface area contributed by atoms with Crippen LogP contribution in [0.25, 0.3) is 11.5 Å². The first kappa shape index (κ1) is 19.9. The highest BCUT2D eigenvalue weighted by Gasteiger charge is 2.18. The van der Waals surface area contributed by atoms with Crippen LogP contribution in [0.15, 0.2) is 52.4 Å². The zero-order valence-corrected chi connectivity index (χ0v) is 16.6. The van der Waals surface area contributed by atoms with E-state index in [2.05, 4.69) is 21.3 Å². The molecule has 0 saturated carbocycles. The molecule has 142 valence electrons. The highest BCUT2D eigenvalue weighted by atomic mass is 35.5. The van der Waals surface area contributed by atoms with Gasteiger partial charge < -0.3 is 9.32 Å². The average molecular weight is 414 g/mol. The van der Waals surface area contributed by atoms with E-state index in [0.29, 0.717) is 33.9 Å². The van der Waals surface area contributed by atoms with Gasteiger partial charge in [-0.3, -0.25) is 9.78 Å². The van der Waals surface area contributed by atoms with Crippen LogP contribution in [0.4, 0.5) is 5.69 Å². The number of halogens is 1. The number of carbonyl (C=O) groups is 1. The summed E-state index contributed by atoms with van der Waals surface area (Å²) in [6.07, 6.45) is 3.51. The molecule has 2 heterocycles. The third-order valence-electron chi connectivity index (χ3n) is 3.84. The Labute approximate surface area is 171 Å². The van der Waals surface area contributed by atoms with E-state index in [1.807, 2.05) is 19.1 Å². The van der Waals surface area contributed by atoms with Crippen LogP contribution >= 0.6 is 23.4 Å². The van der Waals surface area contributed by atoms with Gasteiger partial charge >= 0.3 is 0 Å². The molecule has 0 fully saturated rings. The van der Waals surface area contributed by atoms with Crippen LogP contribution in [-0.4, -0.2) is 33.4 Å². The molecule has 0 aliphatic rings. The van der Waals surface area contributed by atoms with Gasteiger partial charge in [-0.05, 0) is 42.8 Å². The maximum atomic E-state index is 12.8. The fourth-order valence-corrected chi connectivity index (χ4v) is 3.19. The fraction of sp³-hybridized carbons (Fsp3) is 0.211. The lowest BCUT2D eigenvalue weighted by Crippen LogP contribution is -2.33.